The van der Waals surface area contributed by atoms with Gasteiger partial charge in [0.15, 0.2) is 0 Å². The van der Waals surface area contributed by atoms with E-state index < -0.39 is 0 Å². The van der Waals surface area contributed by atoms with Crippen molar-refractivity contribution in [2.45, 2.75) is 44.2 Å². The standard InChI is InChI=1S/C13H25N3O/c1-15(2)13(17)6-3-8-14-11-7-10-16-9-4-5-12(11)16/h11-12,14H,3-10H2,1-2H3. The number of fused-ring (bicyclic) bond motifs is 1. The van der Waals surface area contributed by atoms with E-state index in [-0.39, 0.29) is 5.91 Å². The zero-order valence-electron chi connectivity index (χ0n) is 11.1. The van der Waals surface area contributed by atoms with Crippen LogP contribution in [0.3, 0.4) is 0 Å². The molecule has 0 spiro atoms. The smallest absolute Gasteiger partial charge is 0.222 e. The molecule has 4 nitrogen and oxygen atoms in total. The minimum Gasteiger partial charge on any atom is -0.349 e. The predicted octanol–water partition coefficient (Wildman–Crippen LogP) is 0.681. The fraction of sp³-hybridized carbons (Fsp3) is 0.923. The second-order valence-electron chi connectivity index (χ2n) is 5.49. The zero-order chi connectivity index (χ0) is 12.3. The van der Waals surface area contributed by atoms with Crippen LogP contribution in [0.25, 0.3) is 0 Å². The number of nitrogens with one attached hydrogen (secondary N) is 1. The van der Waals surface area contributed by atoms with Crippen molar-refractivity contribution < 1.29 is 4.79 Å². The third kappa shape index (κ3) is 3.19. The Morgan fingerprint density at radius 1 is 1.35 bits per heavy atom. The first-order valence-corrected chi connectivity index (χ1v) is 6.86. The predicted molar refractivity (Wildman–Crippen MR) is 68.9 cm³/mol. The highest BCUT2D eigenvalue weighted by Crippen LogP contribution is 2.27. The first kappa shape index (κ1) is 12.8. The molecule has 2 unspecified atom stereocenters. The summed E-state index contributed by atoms with van der Waals surface area (Å²) >= 11 is 0. The van der Waals surface area contributed by atoms with Crippen LogP contribution in [0.5, 0.6) is 0 Å². The molecule has 4 heteroatoms. The third-order valence-corrected chi connectivity index (χ3v) is 4.08. The molecule has 17 heavy (non-hydrogen) atoms. The van der Waals surface area contributed by atoms with Crippen LogP contribution in [-0.4, -0.2) is 61.5 Å². The highest BCUT2D eigenvalue weighted by atomic mass is 16.2. The van der Waals surface area contributed by atoms with E-state index in [0.29, 0.717) is 12.5 Å². The lowest BCUT2D eigenvalue weighted by Crippen LogP contribution is -2.39. The van der Waals surface area contributed by atoms with Gasteiger partial charge in [-0.3, -0.25) is 9.69 Å². The van der Waals surface area contributed by atoms with Gasteiger partial charge in [-0.15, -0.1) is 0 Å². The minimum atomic E-state index is 0.237. The van der Waals surface area contributed by atoms with Crippen molar-refractivity contribution in [1.29, 1.82) is 0 Å². The summed E-state index contributed by atoms with van der Waals surface area (Å²) in [5, 5.41) is 3.63. The van der Waals surface area contributed by atoms with E-state index in [0.717, 1.165) is 19.0 Å². The van der Waals surface area contributed by atoms with Gasteiger partial charge in [0, 0.05) is 39.1 Å². The number of hydrogen-bond donors (Lipinski definition) is 1. The topological polar surface area (TPSA) is 35.6 Å². The van der Waals surface area contributed by atoms with Crippen LogP contribution in [0.2, 0.25) is 0 Å². The first-order chi connectivity index (χ1) is 8.18. The van der Waals surface area contributed by atoms with Gasteiger partial charge in [-0.2, -0.15) is 0 Å². The molecule has 0 aromatic carbocycles. The SMILES string of the molecule is CN(C)C(=O)CCCNC1CCN2CCCC12. The number of carbonyl (C=O) groups excluding carboxylic acids is 1. The van der Waals surface area contributed by atoms with Crippen LogP contribution >= 0.6 is 0 Å². The lowest BCUT2D eigenvalue weighted by atomic mass is 10.1. The second kappa shape index (κ2) is 5.83. The van der Waals surface area contributed by atoms with Gasteiger partial charge in [0.1, 0.15) is 0 Å². The Balaban J connectivity index is 1.61. The van der Waals surface area contributed by atoms with Crippen molar-refractivity contribution in [1.82, 2.24) is 15.1 Å². The Labute approximate surface area is 104 Å². The maximum absolute atomic E-state index is 11.4. The number of hydrogen-bond acceptors (Lipinski definition) is 3. The van der Waals surface area contributed by atoms with Gasteiger partial charge >= 0.3 is 0 Å². The van der Waals surface area contributed by atoms with Crippen molar-refractivity contribution in [2.75, 3.05) is 33.7 Å². The molecule has 0 bridgehead atoms. The fourth-order valence-corrected chi connectivity index (χ4v) is 3.07. The highest BCUT2D eigenvalue weighted by Gasteiger charge is 2.36. The van der Waals surface area contributed by atoms with Crippen LogP contribution in [0.4, 0.5) is 0 Å². The van der Waals surface area contributed by atoms with E-state index in [1.165, 1.54) is 32.4 Å². The summed E-state index contributed by atoms with van der Waals surface area (Å²) in [6.07, 6.45) is 5.63. The Kier molecular flexibility index (Phi) is 4.40. The molecule has 2 aliphatic heterocycles. The highest BCUT2D eigenvalue weighted by molar-refractivity contribution is 5.75. The summed E-state index contributed by atoms with van der Waals surface area (Å²) in [6.45, 7) is 3.54. The normalized spacial score (nSPS) is 28.4. The third-order valence-electron chi connectivity index (χ3n) is 4.08. The Hall–Kier alpha value is -0.610. The van der Waals surface area contributed by atoms with Crippen LogP contribution in [0.15, 0.2) is 0 Å². The molecular weight excluding hydrogens is 214 g/mol. The van der Waals surface area contributed by atoms with Crippen molar-refractivity contribution >= 4 is 5.91 Å². The van der Waals surface area contributed by atoms with Gasteiger partial charge < -0.3 is 10.2 Å². The molecule has 2 saturated heterocycles. The molecule has 2 aliphatic rings. The van der Waals surface area contributed by atoms with Gasteiger partial charge in [0.25, 0.3) is 0 Å². The summed E-state index contributed by atoms with van der Waals surface area (Å²) in [6, 6.07) is 1.45. The van der Waals surface area contributed by atoms with Crippen LogP contribution in [-0.2, 0) is 4.79 Å². The molecule has 1 N–H and O–H groups in total. The monoisotopic (exact) mass is 239 g/mol. The minimum absolute atomic E-state index is 0.237. The largest absolute Gasteiger partial charge is 0.349 e. The number of rotatable bonds is 5. The Morgan fingerprint density at radius 2 is 2.18 bits per heavy atom. The Morgan fingerprint density at radius 3 is 2.94 bits per heavy atom. The van der Waals surface area contributed by atoms with Crippen LogP contribution < -0.4 is 5.32 Å². The fourth-order valence-electron chi connectivity index (χ4n) is 3.07. The van der Waals surface area contributed by atoms with E-state index >= 15 is 0 Å². The lowest BCUT2D eigenvalue weighted by Gasteiger charge is -2.21. The Bertz CT molecular complexity index is 267. The lowest BCUT2D eigenvalue weighted by molar-refractivity contribution is -0.128. The molecular formula is C13H25N3O. The molecule has 98 valence electrons. The summed E-state index contributed by atoms with van der Waals surface area (Å²) in [5.41, 5.74) is 0. The van der Waals surface area contributed by atoms with E-state index in [9.17, 15) is 4.79 Å². The van der Waals surface area contributed by atoms with E-state index in [1.807, 2.05) is 14.1 Å². The number of amides is 1. The second-order valence-corrected chi connectivity index (χ2v) is 5.49. The molecule has 2 fully saturated rings. The molecule has 2 rings (SSSR count). The summed E-state index contributed by atoms with van der Waals surface area (Å²) < 4.78 is 0. The summed E-state index contributed by atoms with van der Waals surface area (Å²) in [7, 11) is 3.65. The van der Waals surface area contributed by atoms with E-state index in [4.69, 9.17) is 0 Å². The molecule has 0 radical (unpaired) electrons. The summed E-state index contributed by atoms with van der Waals surface area (Å²) in [4.78, 5) is 15.7. The van der Waals surface area contributed by atoms with Gasteiger partial charge in [-0.1, -0.05) is 0 Å². The maximum atomic E-state index is 11.4. The van der Waals surface area contributed by atoms with Crippen LogP contribution in [0.1, 0.15) is 32.1 Å². The first-order valence-electron chi connectivity index (χ1n) is 6.86. The molecule has 0 saturated carbocycles. The van der Waals surface area contributed by atoms with Crippen molar-refractivity contribution in [3.63, 3.8) is 0 Å². The van der Waals surface area contributed by atoms with Crippen molar-refractivity contribution in [3.8, 4) is 0 Å². The molecule has 1 amide bonds. The number of carbonyl (C=O) groups is 1. The summed E-state index contributed by atoms with van der Waals surface area (Å²) in [5.74, 6) is 0.237. The van der Waals surface area contributed by atoms with E-state index in [2.05, 4.69) is 10.2 Å². The van der Waals surface area contributed by atoms with E-state index in [1.54, 1.807) is 4.90 Å². The zero-order valence-corrected chi connectivity index (χ0v) is 11.1. The quantitative estimate of drug-likeness (QED) is 0.717. The van der Waals surface area contributed by atoms with Gasteiger partial charge in [-0.25, -0.2) is 0 Å². The average molecular weight is 239 g/mol. The van der Waals surface area contributed by atoms with Crippen molar-refractivity contribution in [3.05, 3.63) is 0 Å². The van der Waals surface area contributed by atoms with Gasteiger partial charge in [0.2, 0.25) is 5.91 Å². The molecule has 2 heterocycles. The molecule has 0 aromatic rings. The van der Waals surface area contributed by atoms with Crippen molar-refractivity contribution in [2.24, 2.45) is 0 Å². The van der Waals surface area contributed by atoms with Gasteiger partial charge in [-0.05, 0) is 38.8 Å². The molecule has 2 atom stereocenters. The molecule has 0 aromatic heterocycles. The maximum Gasteiger partial charge on any atom is 0.222 e. The van der Waals surface area contributed by atoms with Gasteiger partial charge in [0.05, 0.1) is 0 Å². The number of nitrogens with zero attached hydrogens (tertiary/aromatic N) is 2. The molecule has 0 aliphatic carbocycles. The average Bonchev–Trinajstić information content (AvgIpc) is 2.87. The van der Waals surface area contributed by atoms with Crippen LogP contribution in [0, 0.1) is 0 Å².